The summed E-state index contributed by atoms with van der Waals surface area (Å²) in [5.41, 5.74) is 0. The predicted molar refractivity (Wildman–Crippen MR) is 66.8 cm³/mol. The summed E-state index contributed by atoms with van der Waals surface area (Å²) in [6, 6.07) is 7.54. The molecule has 1 aliphatic rings. The van der Waals surface area contributed by atoms with Gasteiger partial charge in [0.2, 0.25) is 6.10 Å². The maximum Gasteiger partial charge on any atom is 0.513 e. The summed E-state index contributed by atoms with van der Waals surface area (Å²) in [5.74, 6) is -2.80. The summed E-state index contributed by atoms with van der Waals surface area (Å²) in [7, 11) is 0. The molecule has 0 saturated carbocycles. The van der Waals surface area contributed by atoms with Gasteiger partial charge in [0.25, 0.3) is 0 Å². The number of nitro groups is 1. The number of para-hydroxylation sites is 1. The van der Waals surface area contributed by atoms with Crippen LogP contribution < -0.4 is 4.74 Å². The fourth-order valence-electron chi connectivity index (χ4n) is 2.05. The lowest BCUT2D eigenvalue weighted by Crippen LogP contribution is -2.70. The van der Waals surface area contributed by atoms with Gasteiger partial charge in [0, 0.05) is 0 Å². The maximum absolute atomic E-state index is 11.3. The van der Waals surface area contributed by atoms with E-state index in [-0.39, 0.29) is 5.75 Å². The number of rotatable bonds is 4. The van der Waals surface area contributed by atoms with E-state index in [1.54, 1.807) is 18.2 Å². The molecule has 1 heterocycles. The Hall–Kier alpha value is -1.78. The molecule has 9 nitrogen and oxygen atoms in total. The van der Waals surface area contributed by atoms with Gasteiger partial charge in [-0.05, 0) is 12.1 Å². The number of hydrogen-bond donors (Lipinski definition) is 4. The number of aliphatic hydroxyl groups is 4. The Kier molecular flexibility index (Phi) is 4.40. The molecule has 1 aromatic carbocycles. The molecule has 116 valence electrons. The van der Waals surface area contributed by atoms with Gasteiger partial charge in [0.15, 0.2) is 0 Å². The molecule has 1 aromatic rings. The van der Waals surface area contributed by atoms with Crippen molar-refractivity contribution < 1.29 is 34.8 Å². The van der Waals surface area contributed by atoms with Crippen LogP contribution >= 0.6 is 0 Å². The van der Waals surface area contributed by atoms with Crippen LogP contribution in [0.3, 0.4) is 0 Å². The highest BCUT2D eigenvalue weighted by atomic mass is 16.8. The number of hydrogen-bond acceptors (Lipinski definition) is 8. The number of nitrogens with zero attached hydrogens (tertiary/aromatic N) is 1. The third-order valence-corrected chi connectivity index (χ3v) is 3.19. The van der Waals surface area contributed by atoms with E-state index in [4.69, 9.17) is 14.6 Å². The zero-order valence-electron chi connectivity index (χ0n) is 10.8. The van der Waals surface area contributed by atoms with E-state index in [2.05, 4.69) is 0 Å². The first-order valence-electron chi connectivity index (χ1n) is 6.14. The van der Waals surface area contributed by atoms with E-state index in [1.807, 2.05) is 0 Å². The lowest BCUT2D eigenvalue weighted by atomic mass is 9.96. The van der Waals surface area contributed by atoms with Crippen molar-refractivity contribution in [2.24, 2.45) is 0 Å². The summed E-state index contributed by atoms with van der Waals surface area (Å²) in [6.07, 6.45) is -7.22. The number of aliphatic hydroxyl groups excluding tert-OH is 4. The van der Waals surface area contributed by atoms with Crippen molar-refractivity contribution in [3.05, 3.63) is 40.4 Å². The van der Waals surface area contributed by atoms with Crippen molar-refractivity contribution in [3.8, 4) is 5.75 Å². The van der Waals surface area contributed by atoms with Crippen LogP contribution in [-0.4, -0.2) is 62.3 Å². The van der Waals surface area contributed by atoms with E-state index in [9.17, 15) is 25.4 Å². The molecular weight excluding hydrogens is 286 g/mol. The molecule has 5 atom stereocenters. The van der Waals surface area contributed by atoms with Crippen LogP contribution in [0, 0.1) is 10.1 Å². The minimum absolute atomic E-state index is 0.0218. The predicted octanol–water partition coefficient (Wildman–Crippen LogP) is -1.53. The quantitative estimate of drug-likeness (QED) is 0.298. The van der Waals surface area contributed by atoms with E-state index in [0.717, 1.165) is 0 Å². The Bertz CT molecular complexity index is 495. The van der Waals surface area contributed by atoms with Gasteiger partial charge in [-0.15, -0.1) is 0 Å². The first kappa shape index (κ1) is 15.6. The van der Waals surface area contributed by atoms with Crippen LogP contribution in [0.4, 0.5) is 0 Å². The van der Waals surface area contributed by atoms with Gasteiger partial charge in [-0.1, -0.05) is 18.2 Å². The van der Waals surface area contributed by atoms with Gasteiger partial charge in [-0.25, -0.2) is 0 Å². The topological polar surface area (TPSA) is 143 Å². The molecule has 21 heavy (non-hydrogen) atoms. The molecule has 1 aliphatic heterocycles. The molecule has 1 saturated heterocycles. The van der Waals surface area contributed by atoms with E-state index in [0.29, 0.717) is 0 Å². The van der Waals surface area contributed by atoms with Crippen LogP contribution in [0.2, 0.25) is 0 Å². The fraction of sp³-hybridized carbons (Fsp3) is 0.500. The largest absolute Gasteiger partial charge is 0.513 e. The summed E-state index contributed by atoms with van der Waals surface area (Å²) >= 11 is 0. The molecule has 1 fully saturated rings. The molecule has 0 aromatic heterocycles. The van der Waals surface area contributed by atoms with Crippen LogP contribution in [0.15, 0.2) is 30.3 Å². The minimum Gasteiger partial charge on any atom is -0.403 e. The third-order valence-electron chi connectivity index (χ3n) is 3.19. The second-order valence-corrected chi connectivity index (χ2v) is 4.57. The summed E-state index contributed by atoms with van der Waals surface area (Å²) in [5, 5.41) is 49.7. The van der Waals surface area contributed by atoms with E-state index >= 15 is 0 Å². The number of benzene rings is 1. The van der Waals surface area contributed by atoms with Crippen LogP contribution in [0.1, 0.15) is 0 Å². The van der Waals surface area contributed by atoms with Crippen LogP contribution in [0.25, 0.3) is 0 Å². The van der Waals surface area contributed by atoms with Gasteiger partial charge < -0.3 is 25.2 Å². The van der Waals surface area contributed by atoms with Crippen molar-refractivity contribution in [1.82, 2.24) is 0 Å². The summed E-state index contributed by atoms with van der Waals surface area (Å²) < 4.78 is 10.1. The highest BCUT2D eigenvalue weighted by molar-refractivity contribution is 5.21. The van der Waals surface area contributed by atoms with Gasteiger partial charge in [0.05, 0.1) is 6.61 Å². The smallest absolute Gasteiger partial charge is 0.403 e. The Morgan fingerprint density at radius 2 is 1.86 bits per heavy atom. The van der Waals surface area contributed by atoms with Gasteiger partial charge in [-0.2, -0.15) is 0 Å². The average molecular weight is 301 g/mol. The van der Waals surface area contributed by atoms with Crippen molar-refractivity contribution in [2.75, 3.05) is 6.61 Å². The molecule has 0 bridgehead atoms. The molecule has 1 unspecified atom stereocenters. The highest BCUT2D eigenvalue weighted by Crippen LogP contribution is 2.33. The van der Waals surface area contributed by atoms with Gasteiger partial charge >= 0.3 is 5.91 Å². The molecule has 9 heteroatoms. The highest BCUT2D eigenvalue weighted by Gasteiger charge is 2.65. The minimum atomic E-state index is -2.83. The average Bonchev–Trinajstić information content (AvgIpc) is 2.48. The van der Waals surface area contributed by atoms with Gasteiger partial charge in [0.1, 0.15) is 29.0 Å². The Balaban J connectivity index is 2.38. The van der Waals surface area contributed by atoms with E-state index < -0.39 is 41.9 Å². The lowest BCUT2D eigenvalue weighted by molar-refractivity contribution is -0.706. The zero-order valence-corrected chi connectivity index (χ0v) is 10.8. The van der Waals surface area contributed by atoms with Crippen molar-refractivity contribution >= 4 is 0 Å². The maximum atomic E-state index is 11.3. The monoisotopic (exact) mass is 301 g/mol. The SMILES string of the molecule is O=[N+]([O-])C1(Oc2ccccc2)O[C@H](CO)[C@H](O)[C@H](O)[C@H]1O. The summed E-state index contributed by atoms with van der Waals surface area (Å²) in [6.45, 7) is -0.793. The molecular formula is C12H15NO8. The molecule has 0 amide bonds. The third kappa shape index (κ3) is 2.69. The van der Waals surface area contributed by atoms with Crippen molar-refractivity contribution in [3.63, 3.8) is 0 Å². The fourth-order valence-corrected chi connectivity index (χ4v) is 2.05. The van der Waals surface area contributed by atoms with Crippen molar-refractivity contribution in [1.29, 1.82) is 0 Å². The number of ether oxygens (including phenoxy) is 2. The molecule has 0 spiro atoms. The van der Waals surface area contributed by atoms with Crippen LogP contribution in [-0.2, 0) is 4.74 Å². The molecule has 0 aliphatic carbocycles. The normalized spacial score (nSPS) is 36.2. The Labute approximate surface area is 119 Å². The second-order valence-electron chi connectivity index (χ2n) is 4.57. The standard InChI is InChI=1S/C12H15NO8/c14-6-8-9(15)10(16)11(17)12(21-8,13(18)19)20-7-4-2-1-3-5-7/h1-5,8-11,14-17H,6H2/t8-,9+,10+,11-,12?/m1/s1. The molecule has 0 radical (unpaired) electrons. The Morgan fingerprint density at radius 3 is 2.38 bits per heavy atom. The second kappa shape index (κ2) is 5.92. The molecule has 2 rings (SSSR count). The molecule has 4 N–H and O–H groups in total. The van der Waals surface area contributed by atoms with Gasteiger partial charge in [-0.3, -0.25) is 14.9 Å². The summed E-state index contributed by atoms with van der Waals surface area (Å²) in [4.78, 5) is 10.3. The Morgan fingerprint density at radius 1 is 1.24 bits per heavy atom. The van der Waals surface area contributed by atoms with Crippen molar-refractivity contribution in [2.45, 2.75) is 30.3 Å². The van der Waals surface area contributed by atoms with E-state index in [1.165, 1.54) is 12.1 Å². The van der Waals surface area contributed by atoms with Crippen LogP contribution in [0.5, 0.6) is 5.75 Å². The first-order valence-corrected chi connectivity index (χ1v) is 6.14. The zero-order chi connectivity index (χ0) is 15.6. The lowest BCUT2D eigenvalue weighted by Gasteiger charge is -2.41. The first-order chi connectivity index (χ1) is 9.92.